The Morgan fingerprint density at radius 1 is 1.00 bits per heavy atom. The Hall–Kier alpha value is -2.70. The SMILES string of the molecule is Cc1ccc(-c2nsc(Oc3cc(C)c(CCn4cncc4C)cc3C)n2)cc1.Cl. The van der Waals surface area contributed by atoms with Crippen molar-refractivity contribution < 1.29 is 4.74 Å². The number of hydrogen-bond acceptors (Lipinski definition) is 5. The van der Waals surface area contributed by atoms with Gasteiger partial charge in [0, 0.05) is 35.5 Å². The largest absolute Gasteiger partial charge is 0.430 e. The van der Waals surface area contributed by atoms with Crippen molar-refractivity contribution in [2.75, 3.05) is 0 Å². The van der Waals surface area contributed by atoms with Crippen molar-refractivity contribution in [2.24, 2.45) is 0 Å². The minimum absolute atomic E-state index is 0. The van der Waals surface area contributed by atoms with E-state index >= 15 is 0 Å². The third-order valence-corrected chi connectivity index (χ3v) is 5.69. The van der Waals surface area contributed by atoms with Gasteiger partial charge < -0.3 is 9.30 Å². The summed E-state index contributed by atoms with van der Waals surface area (Å²) < 4.78 is 12.7. The average Bonchev–Trinajstić information content (AvgIpc) is 3.33. The highest BCUT2D eigenvalue weighted by Crippen LogP contribution is 2.31. The van der Waals surface area contributed by atoms with Crippen LogP contribution in [0.5, 0.6) is 10.9 Å². The zero-order valence-electron chi connectivity index (χ0n) is 17.5. The van der Waals surface area contributed by atoms with E-state index in [2.05, 4.69) is 70.9 Å². The number of ether oxygens (including phenoxy) is 1. The number of nitrogens with zero attached hydrogens (tertiary/aromatic N) is 4. The number of halogens is 1. The Morgan fingerprint density at radius 2 is 1.77 bits per heavy atom. The van der Waals surface area contributed by atoms with Crippen LogP contribution in [0, 0.1) is 27.7 Å². The quantitative estimate of drug-likeness (QED) is 0.364. The second kappa shape index (κ2) is 9.41. The number of rotatable bonds is 6. The zero-order chi connectivity index (χ0) is 20.4. The molecule has 30 heavy (non-hydrogen) atoms. The van der Waals surface area contributed by atoms with Crippen LogP contribution in [0.3, 0.4) is 0 Å². The Balaban J connectivity index is 0.00000256. The van der Waals surface area contributed by atoms with E-state index < -0.39 is 0 Å². The third-order valence-electron chi connectivity index (χ3n) is 5.09. The molecule has 0 atom stereocenters. The first kappa shape index (κ1) is 22.0. The van der Waals surface area contributed by atoms with Crippen LogP contribution in [-0.2, 0) is 13.0 Å². The summed E-state index contributed by atoms with van der Waals surface area (Å²) in [5.41, 5.74) is 7.03. The summed E-state index contributed by atoms with van der Waals surface area (Å²) in [6, 6.07) is 12.5. The fraction of sp³-hybridized carbons (Fsp3) is 0.261. The van der Waals surface area contributed by atoms with Gasteiger partial charge in [-0.2, -0.15) is 9.36 Å². The summed E-state index contributed by atoms with van der Waals surface area (Å²) in [5.74, 6) is 1.53. The van der Waals surface area contributed by atoms with E-state index in [4.69, 9.17) is 4.74 Å². The highest BCUT2D eigenvalue weighted by Gasteiger charge is 2.12. The summed E-state index contributed by atoms with van der Waals surface area (Å²) in [7, 11) is 0. The fourth-order valence-electron chi connectivity index (χ4n) is 3.26. The van der Waals surface area contributed by atoms with E-state index in [0.717, 1.165) is 29.8 Å². The lowest BCUT2D eigenvalue weighted by Crippen LogP contribution is -2.03. The molecule has 0 N–H and O–H groups in total. The van der Waals surface area contributed by atoms with Gasteiger partial charge in [-0.25, -0.2) is 4.98 Å². The molecule has 0 aliphatic heterocycles. The molecule has 2 aromatic carbocycles. The van der Waals surface area contributed by atoms with Crippen LogP contribution in [0.15, 0.2) is 48.9 Å². The van der Waals surface area contributed by atoms with Gasteiger partial charge >= 0.3 is 0 Å². The first-order chi connectivity index (χ1) is 14.0. The molecule has 2 heterocycles. The Kier molecular flexibility index (Phi) is 6.90. The number of benzene rings is 2. The molecule has 7 heteroatoms. The Labute approximate surface area is 187 Å². The van der Waals surface area contributed by atoms with E-state index in [0.29, 0.717) is 11.0 Å². The van der Waals surface area contributed by atoms with Crippen LogP contribution in [0.25, 0.3) is 11.4 Å². The summed E-state index contributed by atoms with van der Waals surface area (Å²) in [6.45, 7) is 9.26. The van der Waals surface area contributed by atoms with Crippen LogP contribution in [0.4, 0.5) is 0 Å². The molecule has 5 nitrogen and oxygen atoms in total. The average molecular weight is 441 g/mol. The molecule has 0 bridgehead atoms. The topological polar surface area (TPSA) is 52.8 Å². The summed E-state index contributed by atoms with van der Waals surface area (Å²) in [5, 5.41) is 0.560. The molecule has 156 valence electrons. The lowest BCUT2D eigenvalue weighted by molar-refractivity contribution is 0.475. The minimum atomic E-state index is 0. The molecule has 0 aliphatic rings. The summed E-state index contributed by atoms with van der Waals surface area (Å²) in [4.78, 5) is 8.75. The van der Waals surface area contributed by atoms with Gasteiger partial charge in [0.25, 0.3) is 5.19 Å². The molecule has 0 saturated heterocycles. The van der Waals surface area contributed by atoms with Gasteiger partial charge in [0.1, 0.15) is 5.75 Å². The van der Waals surface area contributed by atoms with E-state index in [1.807, 2.05) is 24.7 Å². The molecule has 0 aliphatic carbocycles. The third kappa shape index (κ3) is 4.89. The number of aromatic nitrogens is 4. The molecule has 0 spiro atoms. The van der Waals surface area contributed by atoms with Crippen molar-refractivity contribution in [3.05, 3.63) is 76.9 Å². The molecule has 0 fully saturated rings. The van der Waals surface area contributed by atoms with Gasteiger partial charge in [-0.1, -0.05) is 35.9 Å². The van der Waals surface area contributed by atoms with Gasteiger partial charge in [-0.05, 0) is 56.9 Å². The lowest BCUT2D eigenvalue weighted by Gasteiger charge is -2.12. The smallest absolute Gasteiger partial charge is 0.299 e. The molecule has 4 aromatic rings. The first-order valence-corrected chi connectivity index (χ1v) is 10.4. The van der Waals surface area contributed by atoms with Crippen molar-refractivity contribution in [2.45, 2.75) is 40.7 Å². The predicted octanol–water partition coefficient (Wildman–Crippen LogP) is 6.09. The Morgan fingerprint density at radius 3 is 2.47 bits per heavy atom. The number of aryl methyl sites for hydroxylation is 6. The number of hydrogen-bond donors (Lipinski definition) is 0. The normalized spacial score (nSPS) is 10.7. The van der Waals surface area contributed by atoms with Crippen LogP contribution in [-0.4, -0.2) is 18.9 Å². The van der Waals surface area contributed by atoms with Gasteiger partial charge in [-0.15, -0.1) is 12.4 Å². The minimum Gasteiger partial charge on any atom is -0.430 e. The van der Waals surface area contributed by atoms with Crippen LogP contribution in [0.2, 0.25) is 0 Å². The molecule has 2 aromatic heterocycles. The molecule has 0 saturated carbocycles. The van der Waals surface area contributed by atoms with Crippen LogP contribution >= 0.6 is 23.9 Å². The maximum atomic E-state index is 6.07. The summed E-state index contributed by atoms with van der Waals surface area (Å²) in [6.07, 6.45) is 4.73. The predicted molar refractivity (Wildman–Crippen MR) is 124 cm³/mol. The monoisotopic (exact) mass is 440 g/mol. The van der Waals surface area contributed by atoms with E-state index in [-0.39, 0.29) is 12.4 Å². The molecule has 0 amide bonds. The van der Waals surface area contributed by atoms with Crippen molar-refractivity contribution in [1.29, 1.82) is 0 Å². The van der Waals surface area contributed by atoms with E-state index in [1.54, 1.807) is 0 Å². The van der Waals surface area contributed by atoms with Crippen LogP contribution < -0.4 is 4.74 Å². The van der Waals surface area contributed by atoms with Crippen molar-refractivity contribution >= 4 is 23.9 Å². The lowest BCUT2D eigenvalue weighted by atomic mass is 10.0. The molecule has 0 radical (unpaired) electrons. The molecule has 0 unspecified atom stereocenters. The first-order valence-electron chi connectivity index (χ1n) is 9.65. The highest BCUT2D eigenvalue weighted by molar-refractivity contribution is 7.07. The fourth-order valence-corrected chi connectivity index (χ4v) is 3.82. The molecular formula is C23H25ClN4OS. The van der Waals surface area contributed by atoms with Crippen molar-refractivity contribution in [3.8, 4) is 22.3 Å². The zero-order valence-corrected chi connectivity index (χ0v) is 19.2. The highest BCUT2D eigenvalue weighted by atomic mass is 35.5. The Bertz CT molecular complexity index is 1130. The maximum Gasteiger partial charge on any atom is 0.299 e. The molecule has 4 rings (SSSR count). The van der Waals surface area contributed by atoms with E-state index in [9.17, 15) is 0 Å². The second-order valence-corrected chi connectivity index (χ2v) is 8.09. The molecular weight excluding hydrogens is 416 g/mol. The van der Waals surface area contributed by atoms with Gasteiger partial charge in [0.2, 0.25) is 0 Å². The van der Waals surface area contributed by atoms with Crippen LogP contribution in [0.1, 0.15) is 27.9 Å². The van der Waals surface area contributed by atoms with Gasteiger partial charge in [0.05, 0.1) is 6.33 Å². The van der Waals surface area contributed by atoms with E-state index in [1.165, 1.54) is 33.9 Å². The maximum absolute atomic E-state index is 6.07. The summed E-state index contributed by atoms with van der Waals surface area (Å²) >= 11 is 1.28. The van der Waals surface area contributed by atoms with Crippen molar-refractivity contribution in [3.63, 3.8) is 0 Å². The van der Waals surface area contributed by atoms with Crippen molar-refractivity contribution in [1.82, 2.24) is 18.9 Å². The van der Waals surface area contributed by atoms with Gasteiger partial charge in [-0.3, -0.25) is 0 Å². The second-order valence-electron chi connectivity index (χ2n) is 7.37. The number of imidazole rings is 1. The standard InChI is InChI=1S/C23H24N4OS.ClH/c1-15-5-7-19(8-6-15)22-25-23(29-26-22)28-21-12-16(2)20(11-17(21)3)9-10-27-14-24-13-18(27)4;/h5-8,11-14H,9-10H2,1-4H3;1H. The van der Waals surface area contributed by atoms with Gasteiger partial charge in [0.15, 0.2) is 5.82 Å².